The average Bonchev–Trinajstić information content (AvgIpc) is 3.29. The molecule has 0 aliphatic heterocycles. The number of pyridine rings is 1. The van der Waals surface area contributed by atoms with Crippen molar-refractivity contribution in [3.8, 4) is 11.4 Å². The Morgan fingerprint density at radius 1 is 1.08 bits per heavy atom. The predicted octanol–water partition coefficient (Wildman–Crippen LogP) is 6.43. The van der Waals surface area contributed by atoms with Crippen LogP contribution in [0.4, 0.5) is 0 Å². The van der Waals surface area contributed by atoms with Crippen LogP contribution < -0.4 is 0 Å². The lowest BCUT2D eigenvalue weighted by molar-refractivity contribution is 0.670. The van der Waals surface area contributed by atoms with E-state index >= 15 is 0 Å². The SMILES string of the molecule is CCCCCCc1ccc(/C=C/c2ccnc(-c3ccc[nH]3)c2)s1. The summed E-state index contributed by atoms with van der Waals surface area (Å²) in [5.74, 6) is 0. The van der Waals surface area contributed by atoms with E-state index in [0.29, 0.717) is 0 Å². The quantitative estimate of drug-likeness (QED) is 0.472. The van der Waals surface area contributed by atoms with E-state index in [-0.39, 0.29) is 0 Å². The Balaban J connectivity index is 1.62. The summed E-state index contributed by atoms with van der Waals surface area (Å²) >= 11 is 1.90. The summed E-state index contributed by atoms with van der Waals surface area (Å²) in [5, 5.41) is 0. The van der Waals surface area contributed by atoms with Crippen LogP contribution in [-0.2, 0) is 6.42 Å². The van der Waals surface area contributed by atoms with Crippen molar-refractivity contribution in [2.45, 2.75) is 39.0 Å². The molecule has 3 heterocycles. The van der Waals surface area contributed by atoms with Gasteiger partial charge in [0.1, 0.15) is 0 Å². The third kappa shape index (κ3) is 4.68. The summed E-state index contributed by atoms with van der Waals surface area (Å²) in [6.45, 7) is 2.26. The van der Waals surface area contributed by atoms with Gasteiger partial charge in [-0.15, -0.1) is 11.3 Å². The number of aromatic nitrogens is 2. The standard InChI is InChI=1S/C21H24N2S/c1-2-3-4-5-7-18-11-12-19(24-18)10-9-17-13-15-23-21(16-17)20-8-6-14-22-20/h6,8-16,22H,2-5,7H2,1H3/b10-9+. The number of hydrogen-bond donors (Lipinski definition) is 1. The average molecular weight is 337 g/mol. The maximum Gasteiger partial charge on any atom is 0.0870 e. The molecule has 3 aromatic rings. The highest BCUT2D eigenvalue weighted by molar-refractivity contribution is 7.12. The summed E-state index contributed by atoms with van der Waals surface area (Å²) in [5.41, 5.74) is 3.20. The second-order valence-electron chi connectivity index (χ2n) is 6.01. The number of hydrogen-bond acceptors (Lipinski definition) is 2. The van der Waals surface area contributed by atoms with Gasteiger partial charge in [-0.05, 0) is 60.9 Å². The number of thiophene rings is 1. The Bertz CT molecular complexity index is 769. The molecule has 0 unspecified atom stereocenters. The molecular formula is C21H24N2S. The van der Waals surface area contributed by atoms with Gasteiger partial charge in [0.2, 0.25) is 0 Å². The number of aryl methyl sites for hydroxylation is 1. The lowest BCUT2D eigenvalue weighted by Crippen LogP contribution is -1.83. The number of nitrogens with zero attached hydrogens (tertiary/aromatic N) is 1. The molecule has 3 heteroatoms. The molecule has 1 N–H and O–H groups in total. The molecule has 0 aliphatic carbocycles. The molecule has 0 aromatic carbocycles. The van der Waals surface area contributed by atoms with Crippen LogP contribution in [0, 0.1) is 0 Å². The Kier molecular flexibility index (Phi) is 6.02. The van der Waals surface area contributed by atoms with Gasteiger partial charge in [-0.2, -0.15) is 0 Å². The molecule has 2 nitrogen and oxygen atoms in total. The molecule has 24 heavy (non-hydrogen) atoms. The van der Waals surface area contributed by atoms with Gasteiger partial charge in [0.25, 0.3) is 0 Å². The summed E-state index contributed by atoms with van der Waals surface area (Å²) in [4.78, 5) is 10.4. The second kappa shape index (κ2) is 8.65. The Morgan fingerprint density at radius 2 is 2.04 bits per heavy atom. The molecule has 3 aromatic heterocycles. The fourth-order valence-electron chi connectivity index (χ4n) is 2.71. The van der Waals surface area contributed by atoms with E-state index in [1.807, 2.05) is 41.9 Å². The monoisotopic (exact) mass is 336 g/mol. The number of unbranched alkanes of at least 4 members (excludes halogenated alkanes) is 3. The van der Waals surface area contributed by atoms with Gasteiger partial charge in [-0.3, -0.25) is 4.98 Å². The first-order valence-electron chi connectivity index (χ1n) is 8.72. The van der Waals surface area contributed by atoms with Crippen LogP contribution in [-0.4, -0.2) is 9.97 Å². The van der Waals surface area contributed by atoms with E-state index in [4.69, 9.17) is 0 Å². The zero-order chi connectivity index (χ0) is 16.6. The highest BCUT2D eigenvalue weighted by Gasteiger charge is 2.01. The first-order chi connectivity index (χ1) is 11.8. The molecule has 0 radical (unpaired) electrons. The largest absolute Gasteiger partial charge is 0.360 e. The number of H-pyrrole nitrogens is 1. The minimum Gasteiger partial charge on any atom is -0.360 e. The van der Waals surface area contributed by atoms with E-state index in [9.17, 15) is 0 Å². The van der Waals surface area contributed by atoms with Crippen LogP contribution >= 0.6 is 11.3 Å². The molecule has 0 bridgehead atoms. The fraction of sp³-hybridized carbons (Fsp3) is 0.286. The normalized spacial score (nSPS) is 11.4. The van der Waals surface area contributed by atoms with Crippen LogP contribution in [0.1, 0.15) is 47.9 Å². The van der Waals surface area contributed by atoms with Gasteiger partial charge in [0, 0.05) is 22.1 Å². The minimum atomic E-state index is 0.977. The van der Waals surface area contributed by atoms with Gasteiger partial charge < -0.3 is 4.98 Å². The van der Waals surface area contributed by atoms with Crippen LogP contribution in [0.15, 0.2) is 48.8 Å². The maximum atomic E-state index is 4.43. The van der Waals surface area contributed by atoms with Crippen LogP contribution in [0.2, 0.25) is 0 Å². The molecule has 0 aliphatic rings. The molecule has 124 valence electrons. The van der Waals surface area contributed by atoms with E-state index in [1.165, 1.54) is 47.4 Å². The van der Waals surface area contributed by atoms with E-state index in [0.717, 1.165) is 11.4 Å². The van der Waals surface area contributed by atoms with Crippen molar-refractivity contribution in [2.24, 2.45) is 0 Å². The van der Waals surface area contributed by atoms with Gasteiger partial charge in [-0.25, -0.2) is 0 Å². The highest BCUT2D eigenvalue weighted by Crippen LogP contribution is 2.22. The van der Waals surface area contributed by atoms with Crippen molar-refractivity contribution in [1.29, 1.82) is 0 Å². The summed E-state index contributed by atoms with van der Waals surface area (Å²) in [7, 11) is 0. The molecule has 0 saturated carbocycles. The van der Waals surface area contributed by atoms with Crippen LogP contribution in [0.5, 0.6) is 0 Å². The second-order valence-corrected chi connectivity index (χ2v) is 7.21. The van der Waals surface area contributed by atoms with Crippen LogP contribution in [0.3, 0.4) is 0 Å². The van der Waals surface area contributed by atoms with Gasteiger partial charge in [0.15, 0.2) is 0 Å². The molecule has 0 spiro atoms. The Hall–Kier alpha value is -2.13. The van der Waals surface area contributed by atoms with Crippen LogP contribution in [0.25, 0.3) is 23.5 Å². The molecule has 0 atom stereocenters. The summed E-state index contributed by atoms with van der Waals surface area (Å²) < 4.78 is 0. The van der Waals surface area contributed by atoms with E-state index in [1.54, 1.807) is 0 Å². The zero-order valence-corrected chi connectivity index (χ0v) is 15.0. The van der Waals surface area contributed by atoms with E-state index in [2.05, 4.69) is 47.2 Å². The third-order valence-corrected chi connectivity index (χ3v) is 5.17. The predicted molar refractivity (Wildman–Crippen MR) is 105 cm³/mol. The lowest BCUT2D eigenvalue weighted by Gasteiger charge is -1.99. The number of nitrogens with one attached hydrogen (secondary N) is 1. The first kappa shape index (κ1) is 16.7. The van der Waals surface area contributed by atoms with Gasteiger partial charge in [-0.1, -0.05) is 32.3 Å². The molecule has 3 rings (SSSR count). The smallest absolute Gasteiger partial charge is 0.0870 e. The third-order valence-electron chi connectivity index (χ3n) is 4.06. The molecule has 0 fully saturated rings. The Labute approximate surface area is 148 Å². The van der Waals surface area contributed by atoms with Crippen molar-refractivity contribution in [3.05, 3.63) is 64.1 Å². The molecule has 0 amide bonds. The number of aromatic amines is 1. The minimum absolute atomic E-state index is 0.977. The number of rotatable bonds is 8. The lowest BCUT2D eigenvalue weighted by atomic mass is 10.1. The van der Waals surface area contributed by atoms with Gasteiger partial charge in [0.05, 0.1) is 11.4 Å². The molecule has 0 saturated heterocycles. The Morgan fingerprint density at radius 3 is 2.88 bits per heavy atom. The summed E-state index contributed by atoms with van der Waals surface area (Å²) in [6.07, 6.45) is 14.7. The van der Waals surface area contributed by atoms with Crippen molar-refractivity contribution < 1.29 is 0 Å². The van der Waals surface area contributed by atoms with Gasteiger partial charge >= 0.3 is 0 Å². The topological polar surface area (TPSA) is 28.7 Å². The van der Waals surface area contributed by atoms with Crippen molar-refractivity contribution in [2.75, 3.05) is 0 Å². The van der Waals surface area contributed by atoms with E-state index < -0.39 is 0 Å². The zero-order valence-electron chi connectivity index (χ0n) is 14.2. The fourth-order valence-corrected chi connectivity index (χ4v) is 3.67. The first-order valence-corrected chi connectivity index (χ1v) is 9.53. The highest BCUT2D eigenvalue weighted by atomic mass is 32.1. The maximum absolute atomic E-state index is 4.43. The van der Waals surface area contributed by atoms with Crippen molar-refractivity contribution >= 4 is 23.5 Å². The molecular weight excluding hydrogens is 312 g/mol. The van der Waals surface area contributed by atoms with Crippen molar-refractivity contribution in [3.63, 3.8) is 0 Å². The summed E-state index contributed by atoms with van der Waals surface area (Å²) in [6, 6.07) is 12.7. The van der Waals surface area contributed by atoms with Crippen molar-refractivity contribution in [1.82, 2.24) is 9.97 Å².